The lowest BCUT2D eigenvalue weighted by molar-refractivity contribution is 0.598. The summed E-state index contributed by atoms with van der Waals surface area (Å²) in [7, 11) is -2.01. The van der Waals surface area contributed by atoms with Gasteiger partial charge >= 0.3 is 0 Å². The van der Waals surface area contributed by atoms with Gasteiger partial charge in [0.15, 0.2) is 0 Å². The van der Waals surface area contributed by atoms with Crippen LogP contribution in [-0.4, -0.2) is 18.2 Å². The average Bonchev–Trinajstić information content (AvgIpc) is 2.99. The van der Waals surface area contributed by atoms with E-state index in [0.717, 1.165) is 39.1 Å². The van der Waals surface area contributed by atoms with Crippen molar-refractivity contribution in [3.05, 3.63) is 64.2 Å². The first-order chi connectivity index (χ1) is 12.6. The predicted molar refractivity (Wildman–Crippen MR) is 110 cm³/mol. The summed E-state index contributed by atoms with van der Waals surface area (Å²) in [6.45, 7) is 9.69. The summed E-state index contributed by atoms with van der Waals surface area (Å²) in [5.74, 6) is 0.434. The van der Waals surface area contributed by atoms with Crippen LogP contribution >= 0.6 is 0 Å². The van der Waals surface area contributed by atoms with Gasteiger partial charge < -0.3 is 0 Å². The van der Waals surface area contributed by atoms with Crippen molar-refractivity contribution >= 4 is 15.8 Å². The first-order valence-electron chi connectivity index (χ1n) is 8.82. The highest BCUT2D eigenvalue weighted by Gasteiger charge is 2.25. The molecule has 1 N–H and O–H groups in total. The Hall–Kier alpha value is -2.60. The molecule has 0 aliphatic rings. The van der Waals surface area contributed by atoms with Crippen LogP contribution in [0.2, 0.25) is 0 Å². The first kappa shape index (κ1) is 19.2. The Balaban J connectivity index is 2.06. The highest BCUT2D eigenvalue weighted by atomic mass is 32.2. The molecule has 0 radical (unpaired) electrons. The zero-order valence-corrected chi connectivity index (χ0v) is 17.4. The molecule has 0 spiro atoms. The number of nitrogens with one attached hydrogen (secondary N) is 1. The largest absolute Gasteiger partial charge is 0.264 e. The summed E-state index contributed by atoms with van der Waals surface area (Å²) in [5.41, 5.74) is 6.38. The van der Waals surface area contributed by atoms with Gasteiger partial charge in [0.05, 0.1) is 10.6 Å². The summed E-state index contributed by atoms with van der Waals surface area (Å²) in [4.78, 5) is 0.352. The normalized spacial score (nSPS) is 11.6. The van der Waals surface area contributed by atoms with Crippen molar-refractivity contribution in [1.29, 1.82) is 0 Å². The van der Waals surface area contributed by atoms with E-state index >= 15 is 0 Å². The maximum absolute atomic E-state index is 13.2. The molecule has 1 heterocycles. The zero-order valence-electron chi connectivity index (χ0n) is 16.6. The number of aryl methyl sites for hydroxylation is 1. The van der Waals surface area contributed by atoms with Crippen LogP contribution in [0, 0.1) is 34.6 Å². The molecule has 27 heavy (non-hydrogen) atoms. The molecule has 3 aromatic rings. The van der Waals surface area contributed by atoms with E-state index in [4.69, 9.17) is 0 Å². The number of aromatic nitrogens is 2. The number of hydrogen-bond donors (Lipinski definition) is 1. The molecule has 5 nitrogen and oxygen atoms in total. The van der Waals surface area contributed by atoms with E-state index in [2.05, 4.69) is 9.82 Å². The van der Waals surface area contributed by atoms with Crippen molar-refractivity contribution in [3.8, 4) is 11.3 Å². The quantitative estimate of drug-likeness (QED) is 0.725. The van der Waals surface area contributed by atoms with Crippen molar-refractivity contribution in [2.24, 2.45) is 7.05 Å². The molecule has 0 saturated carbocycles. The standard InChI is InChI=1S/C21H25N3O2S/c1-13-14(2)16(4)21(17(5)15(13)3)27(25,26)23-20-12-19(22-24(20)6)18-10-8-7-9-11-18/h7-12,23H,1-6H3. The molecule has 0 fully saturated rings. The van der Waals surface area contributed by atoms with E-state index in [1.165, 1.54) is 0 Å². The lowest BCUT2D eigenvalue weighted by Crippen LogP contribution is -2.19. The van der Waals surface area contributed by atoms with Gasteiger partial charge in [-0.3, -0.25) is 9.40 Å². The molecule has 0 saturated heterocycles. The van der Waals surface area contributed by atoms with E-state index in [-0.39, 0.29) is 0 Å². The predicted octanol–water partition coefficient (Wildman–Crippen LogP) is 4.43. The minimum Gasteiger partial charge on any atom is -0.264 e. The smallest absolute Gasteiger partial charge is 0.263 e. The molecule has 0 unspecified atom stereocenters. The topological polar surface area (TPSA) is 64.0 Å². The molecule has 2 aromatic carbocycles. The first-order valence-corrected chi connectivity index (χ1v) is 10.3. The van der Waals surface area contributed by atoms with Gasteiger partial charge in [0, 0.05) is 18.7 Å². The van der Waals surface area contributed by atoms with Crippen LogP contribution in [0.1, 0.15) is 27.8 Å². The van der Waals surface area contributed by atoms with Crippen molar-refractivity contribution in [2.45, 2.75) is 39.5 Å². The Morgan fingerprint density at radius 3 is 1.93 bits per heavy atom. The van der Waals surface area contributed by atoms with Gasteiger partial charge in [-0.2, -0.15) is 5.10 Å². The number of benzene rings is 2. The van der Waals surface area contributed by atoms with Crippen LogP contribution in [0.15, 0.2) is 41.3 Å². The van der Waals surface area contributed by atoms with Gasteiger partial charge in [-0.05, 0) is 62.4 Å². The van der Waals surface area contributed by atoms with E-state index < -0.39 is 10.0 Å². The summed E-state index contributed by atoms with van der Waals surface area (Å²) in [6.07, 6.45) is 0. The average molecular weight is 384 g/mol. The lowest BCUT2D eigenvalue weighted by Gasteiger charge is -2.19. The van der Waals surface area contributed by atoms with Gasteiger partial charge in [-0.15, -0.1) is 0 Å². The third-order valence-corrected chi connectivity index (χ3v) is 7.02. The Bertz CT molecular complexity index is 1090. The lowest BCUT2D eigenvalue weighted by atomic mass is 9.95. The van der Waals surface area contributed by atoms with Crippen molar-refractivity contribution < 1.29 is 8.42 Å². The Morgan fingerprint density at radius 2 is 1.37 bits per heavy atom. The molecule has 0 amide bonds. The molecule has 3 rings (SSSR count). The molecular weight excluding hydrogens is 358 g/mol. The minimum atomic E-state index is -3.74. The van der Waals surface area contributed by atoms with Crippen molar-refractivity contribution in [1.82, 2.24) is 9.78 Å². The summed E-state index contributed by atoms with van der Waals surface area (Å²) >= 11 is 0. The minimum absolute atomic E-state index is 0.352. The molecule has 142 valence electrons. The highest BCUT2D eigenvalue weighted by molar-refractivity contribution is 7.92. The van der Waals surface area contributed by atoms with Crippen LogP contribution in [0.25, 0.3) is 11.3 Å². The van der Waals surface area contributed by atoms with Crippen molar-refractivity contribution in [2.75, 3.05) is 4.72 Å². The van der Waals surface area contributed by atoms with Gasteiger partial charge in [-0.25, -0.2) is 8.42 Å². The number of rotatable bonds is 4. The summed E-state index contributed by atoms with van der Waals surface area (Å²) < 4.78 is 30.7. The second-order valence-electron chi connectivity index (χ2n) is 6.96. The Kier molecular flexibility index (Phi) is 4.86. The van der Waals surface area contributed by atoms with Crippen molar-refractivity contribution in [3.63, 3.8) is 0 Å². The molecule has 0 atom stereocenters. The molecule has 6 heteroatoms. The van der Waals surface area contributed by atoms with E-state index in [1.54, 1.807) is 17.8 Å². The fourth-order valence-corrected chi connectivity index (χ4v) is 5.05. The van der Waals surface area contributed by atoms with Crippen LogP contribution in [0.4, 0.5) is 5.82 Å². The maximum atomic E-state index is 13.2. The molecular formula is C21H25N3O2S. The van der Waals surface area contributed by atoms with Gasteiger partial charge in [0.1, 0.15) is 5.82 Å². The van der Waals surface area contributed by atoms with E-state index in [0.29, 0.717) is 10.7 Å². The third kappa shape index (κ3) is 3.37. The summed E-state index contributed by atoms with van der Waals surface area (Å²) in [5, 5.41) is 4.44. The van der Waals surface area contributed by atoms with Crippen LogP contribution < -0.4 is 4.72 Å². The maximum Gasteiger partial charge on any atom is 0.263 e. The molecule has 0 aliphatic heterocycles. The fourth-order valence-electron chi connectivity index (χ4n) is 3.37. The Labute approximate surface area is 161 Å². The van der Waals surface area contributed by atoms with E-state index in [9.17, 15) is 8.42 Å². The van der Waals surface area contributed by atoms with E-state index in [1.807, 2.05) is 65.0 Å². The molecule has 0 aliphatic carbocycles. The number of sulfonamides is 1. The zero-order chi connectivity index (χ0) is 19.9. The second kappa shape index (κ2) is 6.85. The van der Waals surface area contributed by atoms with Gasteiger partial charge in [0.25, 0.3) is 10.0 Å². The monoisotopic (exact) mass is 383 g/mol. The highest BCUT2D eigenvalue weighted by Crippen LogP contribution is 2.31. The second-order valence-corrected chi connectivity index (χ2v) is 8.58. The SMILES string of the molecule is Cc1c(C)c(C)c(S(=O)(=O)Nc2cc(-c3ccccc3)nn2C)c(C)c1C. The van der Waals surface area contributed by atoms with Gasteiger partial charge in [0.2, 0.25) is 0 Å². The Morgan fingerprint density at radius 1 is 0.852 bits per heavy atom. The number of hydrogen-bond acceptors (Lipinski definition) is 3. The number of nitrogens with zero attached hydrogens (tertiary/aromatic N) is 2. The van der Waals surface area contributed by atoms with Crippen LogP contribution in [0.3, 0.4) is 0 Å². The summed E-state index contributed by atoms with van der Waals surface area (Å²) in [6, 6.07) is 11.4. The van der Waals surface area contributed by atoms with Gasteiger partial charge in [-0.1, -0.05) is 30.3 Å². The fraction of sp³-hybridized carbons (Fsp3) is 0.286. The third-order valence-electron chi connectivity index (χ3n) is 5.39. The molecule has 1 aromatic heterocycles. The molecule has 0 bridgehead atoms. The van der Waals surface area contributed by atoms with Crippen LogP contribution in [-0.2, 0) is 17.1 Å². The van der Waals surface area contributed by atoms with Crippen LogP contribution in [0.5, 0.6) is 0 Å². The number of anilines is 1.